The van der Waals surface area contributed by atoms with Crippen LogP contribution < -0.4 is 9.80 Å². The SMILES string of the molecule is CCC.CCC(C)CC.CCCC.c1ccc(N2CCN(CCCCOCc3ccon3)CC2)cc1.c1ccc(N2CCN(CCCOCCc3ccon3)CC2)cc1. The molecule has 0 saturated carbocycles. The Balaban J connectivity index is 0.000000315. The van der Waals surface area contributed by atoms with Gasteiger partial charge in [0, 0.05) is 102 Å². The number of aromatic nitrogens is 2. The van der Waals surface area contributed by atoms with E-state index in [0.717, 1.165) is 115 Å². The van der Waals surface area contributed by atoms with Crippen LogP contribution in [0.1, 0.15) is 111 Å². The van der Waals surface area contributed by atoms with Crippen molar-refractivity contribution in [3.63, 3.8) is 0 Å². The first-order valence-corrected chi connectivity index (χ1v) is 23.0. The van der Waals surface area contributed by atoms with E-state index in [4.69, 9.17) is 18.5 Å². The zero-order valence-electron chi connectivity index (χ0n) is 38.2. The second kappa shape index (κ2) is 35.1. The maximum absolute atomic E-state index is 5.67. The maximum atomic E-state index is 5.67. The third-order valence-electron chi connectivity index (χ3n) is 10.4. The Labute approximate surface area is 359 Å². The van der Waals surface area contributed by atoms with Crippen molar-refractivity contribution in [2.45, 2.75) is 113 Å². The van der Waals surface area contributed by atoms with Gasteiger partial charge in [-0.3, -0.25) is 9.80 Å². The summed E-state index contributed by atoms with van der Waals surface area (Å²) in [6.07, 6.45) is 13.9. The molecule has 10 nitrogen and oxygen atoms in total. The summed E-state index contributed by atoms with van der Waals surface area (Å²) in [4.78, 5) is 10.0. The topological polar surface area (TPSA) is 83.5 Å². The average molecular weight is 819 g/mol. The molecule has 0 radical (unpaired) electrons. The molecule has 2 aromatic heterocycles. The largest absolute Gasteiger partial charge is 0.381 e. The normalized spacial score (nSPS) is 14.2. The Morgan fingerprint density at radius 2 is 1.00 bits per heavy atom. The van der Waals surface area contributed by atoms with Crippen molar-refractivity contribution in [3.8, 4) is 0 Å². The van der Waals surface area contributed by atoms with Crippen molar-refractivity contribution in [3.05, 3.63) is 96.7 Å². The number of piperazine rings is 2. The molecule has 332 valence electrons. The summed E-state index contributed by atoms with van der Waals surface area (Å²) in [6.45, 7) is 29.5. The minimum Gasteiger partial charge on any atom is -0.381 e. The Bertz CT molecular complexity index is 1300. The zero-order chi connectivity index (χ0) is 42.6. The summed E-state index contributed by atoms with van der Waals surface area (Å²) >= 11 is 0. The van der Waals surface area contributed by atoms with Crippen molar-refractivity contribution >= 4 is 11.4 Å². The van der Waals surface area contributed by atoms with E-state index < -0.39 is 0 Å². The summed E-state index contributed by atoms with van der Waals surface area (Å²) in [5, 5.41) is 7.70. The highest BCUT2D eigenvalue weighted by Gasteiger charge is 2.17. The molecule has 2 saturated heterocycles. The minimum absolute atomic E-state index is 0.548. The van der Waals surface area contributed by atoms with Gasteiger partial charge in [0.05, 0.1) is 18.9 Å². The summed E-state index contributed by atoms with van der Waals surface area (Å²) in [7, 11) is 0. The van der Waals surface area contributed by atoms with Crippen LogP contribution in [0.3, 0.4) is 0 Å². The first kappa shape index (κ1) is 51.4. The smallest absolute Gasteiger partial charge is 0.124 e. The van der Waals surface area contributed by atoms with Crippen LogP contribution in [0.5, 0.6) is 0 Å². The molecule has 0 N–H and O–H groups in total. The van der Waals surface area contributed by atoms with Gasteiger partial charge in [-0.25, -0.2) is 0 Å². The van der Waals surface area contributed by atoms with Crippen LogP contribution in [0.25, 0.3) is 0 Å². The molecule has 0 unspecified atom stereocenters. The molecule has 10 heteroatoms. The number of benzene rings is 2. The Hall–Kier alpha value is -3.70. The van der Waals surface area contributed by atoms with E-state index in [1.54, 1.807) is 12.5 Å². The molecule has 0 spiro atoms. The van der Waals surface area contributed by atoms with Crippen molar-refractivity contribution in [2.75, 3.05) is 95.1 Å². The molecule has 0 amide bonds. The molecule has 0 bridgehead atoms. The predicted molar refractivity (Wildman–Crippen MR) is 248 cm³/mol. The van der Waals surface area contributed by atoms with Crippen LogP contribution >= 0.6 is 0 Å². The average Bonchev–Trinajstić information content (AvgIpc) is 4.03. The summed E-state index contributed by atoms with van der Waals surface area (Å²) < 4.78 is 20.8. The van der Waals surface area contributed by atoms with Gasteiger partial charge in [0.1, 0.15) is 18.2 Å². The molecular formula is C49H82N6O4. The van der Waals surface area contributed by atoms with Gasteiger partial charge < -0.3 is 28.3 Å². The number of hydrogen-bond donors (Lipinski definition) is 0. The lowest BCUT2D eigenvalue weighted by Gasteiger charge is -2.36. The standard InChI is InChI=1S/2C18H25N3O2.C6H14.C4H10.C3H8/c1-2-6-18(7-3-1)21-12-10-20(11-13-21)9-4-5-14-22-16-17-8-15-23-19-17;1-2-5-18(6-3-1)21-12-10-20(11-13-21)9-4-14-22-15-7-17-8-16-23-19-17;1-4-6(3)5-2;1-3-4-2;1-3-2/h1-3,6-8,15H,4-5,9-14,16H2;1-3,5-6,8,16H,4,7,9-15H2;6H,4-5H2,1-3H3;3-4H2,1-2H3;3H2,1-2H3. The predicted octanol–water partition coefficient (Wildman–Crippen LogP) is 10.9. The quantitative estimate of drug-likeness (QED) is 0.0853. The monoisotopic (exact) mass is 819 g/mol. The second-order valence-electron chi connectivity index (χ2n) is 15.4. The fraction of sp³-hybridized carbons (Fsp3) is 0.633. The number of nitrogens with zero attached hydrogens (tertiary/aromatic N) is 6. The van der Waals surface area contributed by atoms with Crippen LogP contribution in [0.2, 0.25) is 0 Å². The third-order valence-corrected chi connectivity index (χ3v) is 10.4. The van der Waals surface area contributed by atoms with Crippen molar-refractivity contribution < 1.29 is 18.5 Å². The van der Waals surface area contributed by atoms with Crippen molar-refractivity contribution in [1.82, 2.24) is 20.1 Å². The lowest BCUT2D eigenvalue weighted by atomic mass is 10.1. The summed E-state index contributed by atoms with van der Waals surface area (Å²) in [5.41, 5.74) is 4.50. The molecular weight excluding hydrogens is 737 g/mol. The molecule has 2 aromatic carbocycles. The number of ether oxygens (including phenoxy) is 2. The van der Waals surface area contributed by atoms with Gasteiger partial charge in [-0.05, 0) is 56.0 Å². The van der Waals surface area contributed by atoms with E-state index in [-0.39, 0.29) is 0 Å². The molecule has 6 rings (SSSR count). The molecule has 2 fully saturated rings. The van der Waals surface area contributed by atoms with Crippen LogP contribution in [0.15, 0.2) is 94.4 Å². The summed E-state index contributed by atoms with van der Waals surface area (Å²) in [6, 6.07) is 25.1. The van der Waals surface area contributed by atoms with E-state index in [1.807, 2.05) is 12.1 Å². The molecule has 0 aliphatic carbocycles. The van der Waals surface area contributed by atoms with E-state index in [2.05, 4.69) is 139 Å². The number of rotatable bonds is 19. The van der Waals surface area contributed by atoms with Crippen LogP contribution in [0.4, 0.5) is 11.4 Å². The Morgan fingerprint density at radius 1 is 0.542 bits per heavy atom. The first-order chi connectivity index (χ1) is 29.0. The van der Waals surface area contributed by atoms with Gasteiger partial charge in [0.2, 0.25) is 0 Å². The zero-order valence-corrected chi connectivity index (χ0v) is 38.2. The summed E-state index contributed by atoms with van der Waals surface area (Å²) in [5.74, 6) is 0.935. The van der Waals surface area contributed by atoms with Gasteiger partial charge in [0.15, 0.2) is 0 Å². The van der Waals surface area contributed by atoms with Gasteiger partial charge in [-0.15, -0.1) is 0 Å². The number of unbranched alkanes of at least 4 members (excludes halogenated alkanes) is 2. The number of hydrogen-bond acceptors (Lipinski definition) is 10. The second-order valence-corrected chi connectivity index (χ2v) is 15.4. The molecule has 4 heterocycles. The maximum Gasteiger partial charge on any atom is 0.124 e. The lowest BCUT2D eigenvalue weighted by Crippen LogP contribution is -2.46. The molecule has 4 aromatic rings. The highest BCUT2D eigenvalue weighted by atomic mass is 16.5. The Morgan fingerprint density at radius 3 is 1.42 bits per heavy atom. The fourth-order valence-electron chi connectivity index (χ4n) is 6.09. The molecule has 59 heavy (non-hydrogen) atoms. The molecule has 2 aliphatic heterocycles. The van der Waals surface area contributed by atoms with E-state index in [0.29, 0.717) is 13.2 Å². The lowest BCUT2D eigenvalue weighted by molar-refractivity contribution is 0.109. The van der Waals surface area contributed by atoms with E-state index in [1.165, 1.54) is 49.9 Å². The Kier molecular flexibility index (Phi) is 30.6. The fourth-order valence-corrected chi connectivity index (χ4v) is 6.09. The van der Waals surface area contributed by atoms with Crippen LogP contribution in [0, 0.1) is 5.92 Å². The van der Waals surface area contributed by atoms with Gasteiger partial charge in [-0.1, -0.05) is 127 Å². The number of anilines is 2. The van der Waals surface area contributed by atoms with Gasteiger partial charge in [-0.2, -0.15) is 0 Å². The number of para-hydroxylation sites is 2. The van der Waals surface area contributed by atoms with Crippen LogP contribution in [-0.4, -0.2) is 105 Å². The minimum atomic E-state index is 0.548. The van der Waals surface area contributed by atoms with Crippen molar-refractivity contribution in [2.24, 2.45) is 5.92 Å². The van der Waals surface area contributed by atoms with Gasteiger partial charge >= 0.3 is 0 Å². The molecule has 0 atom stereocenters. The highest BCUT2D eigenvalue weighted by molar-refractivity contribution is 5.47. The van der Waals surface area contributed by atoms with E-state index >= 15 is 0 Å². The molecule has 2 aliphatic rings. The van der Waals surface area contributed by atoms with Gasteiger partial charge in [0.25, 0.3) is 0 Å². The highest BCUT2D eigenvalue weighted by Crippen LogP contribution is 2.17. The first-order valence-electron chi connectivity index (χ1n) is 23.0. The van der Waals surface area contributed by atoms with Crippen molar-refractivity contribution in [1.29, 1.82) is 0 Å². The third kappa shape index (κ3) is 24.9. The van der Waals surface area contributed by atoms with Crippen LogP contribution in [-0.2, 0) is 22.5 Å². The van der Waals surface area contributed by atoms with E-state index in [9.17, 15) is 0 Å².